The smallest absolute Gasteiger partial charge is 0.251 e. The fourth-order valence-corrected chi connectivity index (χ4v) is 4.46. The summed E-state index contributed by atoms with van der Waals surface area (Å²) in [6.07, 6.45) is 0. The monoisotopic (exact) mass is 477 g/mol. The highest BCUT2D eigenvalue weighted by Gasteiger charge is 2.28. The standard InChI is InChI=1S/C28H35N3O2S/c1-17(19-11-8-9-12-22(19)31-25(29)23-13-10-14-34-23)30-26(33)18-15-20(27(2,3)4)24(32)21(16-18)28(5,6)7/h8-17,32H,1-7H3,(H2,29,31)(H,30,33). The Morgan fingerprint density at radius 1 is 1.00 bits per heavy atom. The number of rotatable bonds is 5. The SMILES string of the molecule is CC(NC(=O)c1cc(C(C)(C)C)c(O)c(C(C)(C)C)c1)c1ccccc1N=C(N)c1cccs1. The minimum absolute atomic E-state index is 0.200. The molecule has 3 aromatic rings. The summed E-state index contributed by atoms with van der Waals surface area (Å²) < 4.78 is 0. The number of para-hydroxylation sites is 1. The number of benzene rings is 2. The van der Waals surface area contributed by atoms with Gasteiger partial charge >= 0.3 is 0 Å². The van der Waals surface area contributed by atoms with Gasteiger partial charge in [0.15, 0.2) is 0 Å². The van der Waals surface area contributed by atoms with E-state index in [-0.39, 0.29) is 28.5 Å². The van der Waals surface area contributed by atoms with Crippen LogP contribution in [-0.2, 0) is 10.8 Å². The van der Waals surface area contributed by atoms with Gasteiger partial charge in [-0.2, -0.15) is 0 Å². The van der Waals surface area contributed by atoms with Gasteiger partial charge in [-0.3, -0.25) is 4.79 Å². The quantitative estimate of drug-likeness (QED) is 0.287. The second-order valence-corrected chi connectivity index (χ2v) is 11.6. The van der Waals surface area contributed by atoms with E-state index < -0.39 is 0 Å². The number of phenolic OH excluding ortho intramolecular Hbond substituents is 1. The fourth-order valence-electron chi connectivity index (χ4n) is 3.83. The minimum atomic E-state index is -0.313. The Labute approximate surface area is 206 Å². The zero-order chi connectivity index (χ0) is 25.3. The van der Waals surface area contributed by atoms with Crippen LogP contribution in [0.3, 0.4) is 0 Å². The second-order valence-electron chi connectivity index (χ2n) is 10.6. The molecule has 5 nitrogen and oxygen atoms in total. The number of phenols is 1. The number of hydrogen-bond acceptors (Lipinski definition) is 4. The number of aromatic hydroxyl groups is 1. The first kappa shape index (κ1) is 25.5. The van der Waals surface area contributed by atoms with Crippen molar-refractivity contribution in [1.29, 1.82) is 0 Å². The van der Waals surface area contributed by atoms with Gasteiger partial charge < -0.3 is 16.2 Å². The Morgan fingerprint density at radius 3 is 2.12 bits per heavy atom. The van der Waals surface area contributed by atoms with Crippen LogP contribution in [-0.4, -0.2) is 16.8 Å². The Bertz CT molecular complexity index is 1160. The van der Waals surface area contributed by atoms with Crippen LogP contribution in [0.1, 0.15) is 86.4 Å². The van der Waals surface area contributed by atoms with Gasteiger partial charge in [-0.25, -0.2) is 4.99 Å². The molecule has 1 amide bonds. The van der Waals surface area contributed by atoms with Crippen molar-refractivity contribution >= 4 is 28.8 Å². The van der Waals surface area contributed by atoms with Crippen LogP contribution < -0.4 is 11.1 Å². The van der Waals surface area contributed by atoms with Crippen molar-refractivity contribution in [2.45, 2.75) is 65.3 Å². The predicted molar refractivity (Wildman–Crippen MR) is 143 cm³/mol. The minimum Gasteiger partial charge on any atom is -0.507 e. The van der Waals surface area contributed by atoms with Crippen molar-refractivity contribution in [2.75, 3.05) is 0 Å². The fraction of sp³-hybridized carbons (Fsp3) is 0.357. The number of nitrogens with two attached hydrogens (primary N) is 1. The van der Waals surface area contributed by atoms with Gasteiger partial charge in [-0.05, 0) is 53.0 Å². The first-order valence-electron chi connectivity index (χ1n) is 11.4. The Morgan fingerprint density at radius 2 is 1.59 bits per heavy atom. The number of thiophene rings is 1. The zero-order valence-electron chi connectivity index (χ0n) is 21.1. The summed E-state index contributed by atoms with van der Waals surface area (Å²) in [5, 5.41) is 16.0. The molecule has 1 heterocycles. The average Bonchev–Trinajstić information content (AvgIpc) is 3.27. The number of carbonyl (C=O) groups is 1. The molecule has 3 rings (SSSR count). The highest BCUT2D eigenvalue weighted by atomic mass is 32.1. The summed E-state index contributed by atoms with van der Waals surface area (Å²) in [5.41, 5.74) is 9.22. The molecule has 0 bridgehead atoms. The number of hydrogen-bond donors (Lipinski definition) is 3. The Balaban J connectivity index is 1.95. The largest absolute Gasteiger partial charge is 0.507 e. The van der Waals surface area contributed by atoms with Crippen LogP contribution in [0.15, 0.2) is 58.9 Å². The molecular formula is C28H35N3O2S. The molecule has 6 heteroatoms. The summed E-state index contributed by atoms with van der Waals surface area (Å²) >= 11 is 1.53. The molecule has 34 heavy (non-hydrogen) atoms. The summed E-state index contributed by atoms with van der Waals surface area (Å²) in [6, 6.07) is 14.8. The molecule has 1 unspecified atom stereocenters. The van der Waals surface area contributed by atoms with E-state index in [0.29, 0.717) is 11.4 Å². The molecule has 2 aromatic carbocycles. The van der Waals surface area contributed by atoms with Gasteiger partial charge in [-0.1, -0.05) is 65.8 Å². The summed E-state index contributed by atoms with van der Waals surface area (Å²) in [7, 11) is 0. The van der Waals surface area contributed by atoms with Crippen molar-refractivity contribution in [2.24, 2.45) is 10.7 Å². The normalized spacial score (nSPS) is 13.6. The van der Waals surface area contributed by atoms with Gasteiger partial charge in [0.05, 0.1) is 16.6 Å². The summed E-state index contributed by atoms with van der Waals surface area (Å²) in [4.78, 5) is 18.9. The van der Waals surface area contributed by atoms with Crippen LogP contribution in [0.25, 0.3) is 0 Å². The lowest BCUT2D eigenvalue weighted by Crippen LogP contribution is -2.28. The highest BCUT2D eigenvalue weighted by Crippen LogP contribution is 2.40. The molecule has 0 aliphatic rings. The van der Waals surface area contributed by atoms with Gasteiger partial charge in [0, 0.05) is 16.7 Å². The number of amides is 1. The van der Waals surface area contributed by atoms with E-state index in [1.165, 1.54) is 11.3 Å². The van der Waals surface area contributed by atoms with Crippen LogP contribution >= 0.6 is 11.3 Å². The number of carbonyl (C=O) groups excluding carboxylic acids is 1. The van der Waals surface area contributed by atoms with Gasteiger partial charge in [0.2, 0.25) is 0 Å². The van der Waals surface area contributed by atoms with E-state index in [1.807, 2.05) is 90.2 Å². The van der Waals surface area contributed by atoms with Gasteiger partial charge in [0.25, 0.3) is 5.91 Å². The second kappa shape index (κ2) is 9.63. The van der Waals surface area contributed by atoms with E-state index in [1.54, 1.807) is 12.1 Å². The van der Waals surface area contributed by atoms with Crippen LogP contribution in [0.4, 0.5) is 5.69 Å². The maximum atomic E-state index is 13.4. The maximum Gasteiger partial charge on any atom is 0.251 e. The lowest BCUT2D eigenvalue weighted by molar-refractivity contribution is 0.0939. The van der Waals surface area contributed by atoms with Crippen LogP contribution in [0.5, 0.6) is 5.75 Å². The van der Waals surface area contributed by atoms with E-state index in [0.717, 1.165) is 27.3 Å². The molecule has 0 aliphatic carbocycles. The average molecular weight is 478 g/mol. The maximum absolute atomic E-state index is 13.4. The number of amidine groups is 1. The molecule has 180 valence electrons. The lowest BCUT2D eigenvalue weighted by atomic mass is 9.78. The number of nitrogens with one attached hydrogen (secondary N) is 1. The van der Waals surface area contributed by atoms with E-state index in [4.69, 9.17) is 5.73 Å². The summed E-state index contributed by atoms with van der Waals surface area (Å²) in [6.45, 7) is 14.1. The van der Waals surface area contributed by atoms with Crippen molar-refractivity contribution in [3.05, 3.63) is 81.0 Å². The van der Waals surface area contributed by atoms with Crippen LogP contribution in [0, 0.1) is 0 Å². The molecular weight excluding hydrogens is 442 g/mol. The molecule has 0 aliphatic heterocycles. The van der Waals surface area contributed by atoms with E-state index in [2.05, 4.69) is 10.3 Å². The Kier molecular flexibility index (Phi) is 7.22. The molecule has 0 spiro atoms. The zero-order valence-corrected chi connectivity index (χ0v) is 21.9. The first-order chi connectivity index (χ1) is 15.8. The Hall–Kier alpha value is -3.12. The third-order valence-corrected chi connectivity index (χ3v) is 6.65. The third kappa shape index (κ3) is 5.68. The van der Waals surface area contributed by atoms with Crippen LogP contribution in [0.2, 0.25) is 0 Å². The number of nitrogens with zero attached hydrogens (tertiary/aromatic N) is 1. The van der Waals surface area contributed by atoms with Gasteiger partial charge in [0.1, 0.15) is 11.6 Å². The topological polar surface area (TPSA) is 87.7 Å². The van der Waals surface area contributed by atoms with Crippen molar-refractivity contribution < 1.29 is 9.90 Å². The highest BCUT2D eigenvalue weighted by molar-refractivity contribution is 7.12. The van der Waals surface area contributed by atoms with Crippen molar-refractivity contribution in [3.63, 3.8) is 0 Å². The number of aliphatic imine (C=N–C) groups is 1. The van der Waals surface area contributed by atoms with Crippen molar-refractivity contribution in [1.82, 2.24) is 5.32 Å². The van der Waals surface area contributed by atoms with Gasteiger partial charge in [-0.15, -0.1) is 11.3 Å². The molecule has 0 fully saturated rings. The summed E-state index contributed by atoms with van der Waals surface area (Å²) in [5.74, 6) is 0.506. The molecule has 1 atom stereocenters. The molecule has 1 aromatic heterocycles. The predicted octanol–water partition coefficient (Wildman–Crippen LogP) is 6.58. The van der Waals surface area contributed by atoms with E-state index in [9.17, 15) is 9.90 Å². The molecule has 4 N–H and O–H groups in total. The molecule has 0 saturated carbocycles. The van der Waals surface area contributed by atoms with Crippen molar-refractivity contribution in [3.8, 4) is 5.75 Å². The van der Waals surface area contributed by atoms with E-state index >= 15 is 0 Å². The first-order valence-corrected chi connectivity index (χ1v) is 12.3. The molecule has 0 radical (unpaired) electrons. The molecule has 0 saturated heterocycles. The lowest BCUT2D eigenvalue weighted by Gasteiger charge is -2.28. The third-order valence-electron chi connectivity index (χ3n) is 5.75.